The summed E-state index contributed by atoms with van der Waals surface area (Å²) in [7, 11) is 0. The molecule has 0 saturated carbocycles. The van der Waals surface area contributed by atoms with Gasteiger partial charge in [0, 0.05) is 0 Å². The molecule has 0 spiro atoms. The van der Waals surface area contributed by atoms with Gasteiger partial charge in [-0.2, -0.15) is 16.6 Å². The second kappa shape index (κ2) is 2.57. The highest BCUT2D eigenvalue weighted by Gasteiger charge is 2.11. The van der Waals surface area contributed by atoms with Crippen LogP contribution in [0.5, 0.6) is 0 Å². The van der Waals surface area contributed by atoms with Crippen LogP contribution in [0.25, 0.3) is 0 Å². The van der Waals surface area contributed by atoms with E-state index in [0.717, 1.165) is 0 Å². The van der Waals surface area contributed by atoms with Crippen molar-refractivity contribution in [2.24, 2.45) is 0 Å². The number of rotatable bonds is 0. The minimum absolute atomic E-state index is 0.691. The molecular formula is CH6N6O2. The van der Waals surface area contributed by atoms with Gasteiger partial charge in [0.15, 0.2) is 0 Å². The second-order valence-corrected chi connectivity index (χ2v) is 1.22. The fourth-order valence-electron chi connectivity index (χ4n) is 0.323. The van der Waals surface area contributed by atoms with Crippen LogP contribution in [0.2, 0.25) is 0 Å². The van der Waals surface area contributed by atoms with Gasteiger partial charge >= 0.3 is 6.09 Å². The van der Waals surface area contributed by atoms with Gasteiger partial charge in [0.1, 0.15) is 0 Å². The van der Waals surface area contributed by atoms with Crippen LogP contribution in [0.1, 0.15) is 0 Å². The van der Waals surface area contributed by atoms with Crippen molar-refractivity contribution in [3.8, 4) is 0 Å². The Morgan fingerprint density at radius 1 is 1.22 bits per heavy atom. The van der Waals surface area contributed by atoms with Crippen LogP contribution in [0.15, 0.2) is 0 Å². The summed E-state index contributed by atoms with van der Waals surface area (Å²) in [5.41, 5.74) is 11.4. The highest BCUT2D eigenvalue weighted by Crippen LogP contribution is 1.72. The maximum absolute atomic E-state index is 10.0. The van der Waals surface area contributed by atoms with Gasteiger partial charge in [0.25, 0.3) is 0 Å². The van der Waals surface area contributed by atoms with Crippen LogP contribution in [0.4, 0.5) is 4.79 Å². The van der Waals surface area contributed by atoms with Gasteiger partial charge in [0.05, 0.1) is 0 Å². The third-order valence-corrected chi connectivity index (χ3v) is 0.652. The van der Waals surface area contributed by atoms with Gasteiger partial charge in [-0.1, -0.05) is 0 Å². The normalized spacial score (nSPS) is 19.8. The number of hydrogen-bond acceptors (Lipinski definition) is 6. The standard InChI is InChI=1S/CH6N6O2/c8-1(9)7-5-3-2-4-6-7/h2-6H,(H,8,9). The smallest absolute Gasteiger partial charge is 0.439 e. The van der Waals surface area contributed by atoms with E-state index in [2.05, 4.69) is 27.7 Å². The summed E-state index contributed by atoms with van der Waals surface area (Å²) in [6.07, 6.45) is -1.16. The molecular weight excluding hydrogens is 128 g/mol. The number of amides is 1. The van der Waals surface area contributed by atoms with E-state index in [1.165, 1.54) is 0 Å². The molecule has 8 nitrogen and oxygen atoms in total. The number of hydrazine groups is 6. The van der Waals surface area contributed by atoms with Crippen molar-refractivity contribution in [1.29, 1.82) is 0 Å². The summed E-state index contributed by atoms with van der Waals surface area (Å²) in [4.78, 5) is 10.0. The second-order valence-electron chi connectivity index (χ2n) is 1.22. The molecule has 8 heteroatoms. The molecule has 0 radical (unpaired) electrons. The molecule has 0 unspecified atom stereocenters. The highest BCUT2D eigenvalue weighted by atomic mass is 16.4. The molecule has 1 heterocycles. The van der Waals surface area contributed by atoms with E-state index in [4.69, 9.17) is 5.11 Å². The van der Waals surface area contributed by atoms with Gasteiger partial charge in [-0.15, -0.1) is 16.2 Å². The van der Waals surface area contributed by atoms with Gasteiger partial charge in [0.2, 0.25) is 0 Å². The summed E-state index contributed by atoms with van der Waals surface area (Å²) in [6.45, 7) is 0. The van der Waals surface area contributed by atoms with E-state index in [1.54, 1.807) is 0 Å². The molecule has 9 heavy (non-hydrogen) atoms. The Labute approximate surface area is 50.0 Å². The lowest BCUT2D eigenvalue weighted by molar-refractivity contribution is -0.00257. The van der Waals surface area contributed by atoms with E-state index in [0.29, 0.717) is 5.12 Å². The largest absolute Gasteiger partial charge is 0.463 e. The third-order valence-electron chi connectivity index (χ3n) is 0.652. The Morgan fingerprint density at radius 3 is 2.11 bits per heavy atom. The molecule has 1 fully saturated rings. The van der Waals surface area contributed by atoms with Crippen LogP contribution in [0.3, 0.4) is 0 Å². The highest BCUT2D eigenvalue weighted by molar-refractivity contribution is 5.63. The lowest BCUT2D eigenvalue weighted by Gasteiger charge is -2.26. The van der Waals surface area contributed by atoms with Gasteiger partial charge in [-0.05, 0) is 0 Å². The Morgan fingerprint density at radius 2 is 1.78 bits per heavy atom. The predicted octanol–water partition coefficient (Wildman–Crippen LogP) is -2.58. The first-order valence-electron chi connectivity index (χ1n) is 2.10. The summed E-state index contributed by atoms with van der Waals surface area (Å²) in [6, 6.07) is 0. The lowest BCUT2D eigenvalue weighted by atomic mass is 11.2. The molecule has 0 bridgehead atoms. The van der Waals surface area contributed by atoms with E-state index >= 15 is 0 Å². The number of carbonyl (C=O) groups is 1. The van der Waals surface area contributed by atoms with Gasteiger partial charge < -0.3 is 5.11 Å². The minimum atomic E-state index is -1.16. The molecule has 52 valence electrons. The number of hydrogen-bond donors (Lipinski definition) is 6. The Balaban J connectivity index is 2.31. The van der Waals surface area contributed by atoms with E-state index < -0.39 is 6.09 Å². The van der Waals surface area contributed by atoms with Crippen LogP contribution in [-0.4, -0.2) is 16.3 Å². The summed E-state index contributed by atoms with van der Waals surface area (Å²) >= 11 is 0. The first-order chi connectivity index (χ1) is 4.30. The molecule has 0 aromatic rings. The zero-order chi connectivity index (χ0) is 6.69. The monoisotopic (exact) mass is 134 g/mol. The van der Waals surface area contributed by atoms with Crippen LogP contribution in [-0.2, 0) is 0 Å². The molecule has 0 aliphatic carbocycles. The summed E-state index contributed by atoms with van der Waals surface area (Å²) in [5, 5.41) is 8.92. The van der Waals surface area contributed by atoms with Gasteiger partial charge in [-0.25, -0.2) is 4.79 Å². The topological polar surface area (TPSA) is 101 Å². The molecule has 0 aromatic heterocycles. The molecule has 1 aliphatic rings. The SMILES string of the molecule is O=C(O)N1NNNNN1. The van der Waals surface area contributed by atoms with Crippen LogP contribution in [0, 0.1) is 0 Å². The Bertz CT molecular complexity index is 108. The molecule has 0 atom stereocenters. The number of nitrogens with one attached hydrogen (secondary N) is 5. The first kappa shape index (κ1) is 6.19. The molecule has 0 aromatic carbocycles. The fourth-order valence-corrected chi connectivity index (χ4v) is 0.323. The molecule has 6 N–H and O–H groups in total. The van der Waals surface area contributed by atoms with Crippen molar-refractivity contribution in [1.82, 2.24) is 32.8 Å². The molecule has 1 rings (SSSR count). The van der Waals surface area contributed by atoms with E-state index in [1.807, 2.05) is 0 Å². The van der Waals surface area contributed by atoms with Crippen LogP contribution < -0.4 is 27.7 Å². The zero-order valence-electron chi connectivity index (χ0n) is 4.30. The van der Waals surface area contributed by atoms with E-state index in [9.17, 15) is 4.79 Å². The fraction of sp³-hybridized carbons (Fsp3) is 0. The maximum atomic E-state index is 10.0. The first-order valence-corrected chi connectivity index (χ1v) is 2.10. The average molecular weight is 134 g/mol. The average Bonchev–Trinajstić information content (AvgIpc) is 1.90. The number of carboxylic acid groups (broad SMARTS) is 1. The quantitative estimate of drug-likeness (QED) is 0.216. The van der Waals surface area contributed by atoms with Crippen molar-refractivity contribution in [3.05, 3.63) is 0 Å². The predicted molar refractivity (Wildman–Crippen MR) is 25.5 cm³/mol. The summed E-state index contributed by atoms with van der Waals surface area (Å²) < 4.78 is 0. The van der Waals surface area contributed by atoms with Crippen molar-refractivity contribution in [2.75, 3.05) is 0 Å². The molecule has 1 aliphatic heterocycles. The minimum Gasteiger partial charge on any atom is -0.463 e. The van der Waals surface area contributed by atoms with Crippen molar-refractivity contribution in [2.45, 2.75) is 0 Å². The summed E-state index contributed by atoms with van der Waals surface area (Å²) in [5.74, 6) is 0. The molecule has 1 amide bonds. The van der Waals surface area contributed by atoms with Crippen molar-refractivity contribution < 1.29 is 9.90 Å². The third kappa shape index (κ3) is 1.48. The Hall–Kier alpha value is -0.930. The lowest BCUT2D eigenvalue weighted by Crippen LogP contribution is -2.73. The molecule has 1 saturated heterocycles. The zero-order valence-corrected chi connectivity index (χ0v) is 4.30. The Kier molecular flexibility index (Phi) is 1.77. The van der Waals surface area contributed by atoms with Gasteiger partial charge in [-0.3, -0.25) is 0 Å². The van der Waals surface area contributed by atoms with Crippen molar-refractivity contribution >= 4 is 6.09 Å². The van der Waals surface area contributed by atoms with Crippen LogP contribution >= 0.6 is 0 Å². The van der Waals surface area contributed by atoms with Crippen molar-refractivity contribution in [3.63, 3.8) is 0 Å². The number of nitrogens with zero attached hydrogens (tertiary/aromatic N) is 1. The maximum Gasteiger partial charge on any atom is 0.439 e. The van der Waals surface area contributed by atoms with E-state index in [-0.39, 0.29) is 0 Å².